The van der Waals surface area contributed by atoms with Crippen molar-refractivity contribution in [2.45, 2.75) is 38.6 Å². The molecule has 0 saturated carbocycles. The summed E-state index contributed by atoms with van der Waals surface area (Å²) in [5.74, 6) is -3.18. The van der Waals surface area contributed by atoms with Crippen LogP contribution >= 0.6 is 11.6 Å². The molecule has 1 heterocycles. The first kappa shape index (κ1) is 14.1. The van der Waals surface area contributed by atoms with Gasteiger partial charge >= 0.3 is 0 Å². The summed E-state index contributed by atoms with van der Waals surface area (Å²) in [4.78, 5) is 36.5. The average Bonchev–Trinajstić information content (AvgIpc) is 2.59. The lowest BCUT2D eigenvalue weighted by Gasteiger charge is -2.27. The lowest BCUT2D eigenvalue weighted by atomic mass is 9.85. The Labute approximate surface area is 116 Å². The molecule has 0 N–H and O–H groups in total. The lowest BCUT2D eigenvalue weighted by molar-refractivity contribution is -0.311. The van der Waals surface area contributed by atoms with Gasteiger partial charge in [-0.15, -0.1) is 0 Å². The van der Waals surface area contributed by atoms with E-state index in [-0.39, 0.29) is 6.42 Å². The highest BCUT2D eigenvalue weighted by Crippen LogP contribution is 2.39. The second kappa shape index (κ2) is 5.33. The first-order valence-corrected chi connectivity index (χ1v) is 6.77. The van der Waals surface area contributed by atoms with E-state index < -0.39 is 35.7 Å². The van der Waals surface area contributed by atoms with Gasteiger partial charge < -0.3 is 9.90 Å². The zero-order valence-corrected chi connectivity index (χ0v) is 11.4. The van der Waals surface area contributed by atoms with Crippen LogP contribution in [0.2, 0.25) is 0 Å². The minimum absolute atomic E-state index is 0.223. The fourth-order valence-electron chi connectivity index (χ4n) is 2.79. The number of hydrogen-bond donors (Lipinski definition) is 0. The fraction of sp³-hybridized carbons (Fsp3) is 0.615. The number of rotatable bonds is 4. The minimum Gasteiger partial charge on any atom is -0.548 e. The smallest absolute Gasteiger partial charge is 0.234 e. The summed E-state index contributed by atoms with van der Waals surface area (Å²) >= 11 is 5.90. The third-order valence-electron chi connectivity index (χ3n) is 3.75. The third-order valence-corrected chi connectivity index (χ3v) is 4.06. The summed E-state index contributed by atoms with van der Waals surface area (Å²) in [6.45, 7) is 1.80. The Hall–Kier alpha value is -1.36. The van der Waals surface area contributed by atoms with E-state index in [1.165, 1.54) is 0 Å². The summed E-state index contributed by atoms with van der Waals surface area (Å²) in [6.07, 6.45) is 3.23. The Kier molecular flexibility index (Phi) is 3.94. The van der Waals surface area contributed by atoms with Gasteiger partial charge in [-0.3, -0.25) is 14.5 Å². The van der Waals surface area contributed by atoms with E-state index in [2.05, 4.69) is 0 Å². The maximum atomic E-state index is 12.2. The van der Waals surface area contributed by atoms with E-state index in [4.69, 9.17) is 11.6 Å². The molecule has 2 amide bonds. The van der Waals surface area contributed by atoms with Gasteiger partial charge in [0.25, 0.3) is 0 Å². The van der Waals surface area contributed by atoms with Gasteiger partial charge in [0, 0.05) is 5.03 Å². The highest BCUT2D eigenvalue weighted by Gasteiger charge is 2.50. The van der Waals surface area contributed by atoms with Gasteiger partial charge in [0.05, 0.1) is 23.8 Å². The van der Waals surface area contributed by atoms with Crippen molar-refractivity contribution in [3.8, 4) is 0 Å². The molecule has 1 saturated heterocycles. The monoisotopic (exact) mass is 284 g/mol. The maximum Gasteiger partial charge on any atom is 0.234 e. The molecule has 1 aliphatic carbocycles. The zero-order valence-electron chi connectivity index (χ0n) is 10.6. The van der Waals surface area contributed by atoms with Gasteiger partial charge in [0.1, 0.15) is 0 Å². The molecular formula is C13H15ClNO4-. The van der Waals surface area contributed by atoms with Crippen molar-refractivity contribution in [1.82, 2.24) is 4.90 Å². The van der Waals surface area contributed by atoms with Crippen molar-refractivity contribution in [3.63, 3.8) is 0 Å². The number of carbonyl (C=O) groups is 3. The number of carboxylic acid groups (broad SMARTS) is 1. The second-order valence-corrected chi connectivity index (χ2v) is 5.46. The third kappa shape index (κ3) is 2.39. The number of carboxylic acids is 1. The van der Waals surface area contributed by atoms with E-state index in [1.54, 1.807) is 13.0 Å². The molecule has 2 rings (SSSR count). The number of amides is 2. The predicted octanol–water partition coefficient (Wildman–Crippen LogP) is 0.423. The van der Waals surface area contributed by atoms with E-state index in [9.17, 15) is 19.5 Å². The van der Waals surface area contributed by atoms with Crippen LogP contribution in [0.4, 0.5) is 0 Å². The summed E-state index contributed by atoms with van der Waals surface area (Å²) in [5.41, 5.74) is 0. The standard InChI is InChI=1S/C13H16ClNO4/c1-2-3-10(13(18)19)15-11(16)8-5-4-7(14)6-9(8)12(15)17/h4,8-10H,2-3,5-6H2,1H3,(H,18,19)/p-1/t8-,9-,10+/m0/s1. The van der Waals surface area contributed by atoms with Gasteiger partial charge in [0.15, 0.2) is 0 Å². The minimum atomic E-state index is -1.37. The number of allylic oxidation sites excluding steroid dienone is 2. The molecule has 0 spiro atoms. The van der Waals surface area contributed by atoms with Crippen LogP contribution < -0.4 is 5.11 Å². The van der Waals surface area contributed by atoms with Crippen molar-refractivity contribution in [2.75, 3.05) is 0 Å². The summed E-state index contributed by atoms with van der Waals surface area (Å²) in [7, 11) is 0. The summed E-state index contributed by atoms with van der Waals surface area (Å²) in [6, 6.07) is -1.16. The Bertz CT molecular complexity index is 460. The highest BCUT2D eigenvalue weighted by atomic mass is 35.5. The molecule has 19 heavy (non-hydrogen) atoms. The van der Waals surface area contributed by atoms with Crippen LogP contribution in [0.3, 0.4) is 0 Å². The first-order chi connectivity index (χ1) is 8.97. The lowest BCUT2D eigenvalue weighted by Crippen LogP contribution is -2.51. The molecule has 0 unspecified atom stereocenters. The molecular weight excluding hydrogens is 270 g/mol. The summed E-state index contributed by atoms with van der Waals surface area (Å²) < 4.78 is 0. The van der Waals surface area contributed by atoms with Gasteiger partial charge in [-0.2, -0.15) is 0 Å². The van der Waals surface area contributed by atoms with Crippen molar-refractivity contribution >= 4 is 29.4 Å². The van der Waals surface area contributed by atoms with Crippen LogP contribution in [-0.4, -0.2) is 28.7 Å². The maximum absolute atomic E-state index is 12.2. The Balaban J connectivity index is 2.27. The Morgan fingerprint density at radius 3 is 2.68 bits per heavy atom. The molecule has 0 aromatic rings. The quantitative estimate of drug-likeness (QED) is 0.701. The largest absolute Gasteiger partial charge is 0.548 e. The number of carbonyl (C=O) groups excluding carboxylic acids is 3. The van der Waals surface area contributed by atoms with Crippen LogP contribution in [0.25, 0.3) is 0 Å². The number of hydrogen-bond acceptors (Lipinski definition) is 4. The number of nitrogens with zero attached hydrogens (tertiary/aromatic N) is 1. The van der Waals surface area contributed by atoms with Crippen LogP contribution in [0.1, 0.15) is 32.6 Å². The van der Waals surface area contributed by atoms with Gasteiger partial charge in [-0.1, -0.05) is 31.0 Å². The molecule has 1 fully saturated rings. The Morgan fingerprint density at radius 2 is 2.11 bits per heavy atom. The molecule has 0 bridgehead atoms. The van der Waals surface area contributed by atoms with Crippen molar-refractivity contribution < 1.29 is 19.5 Å². The van der Waals surface area contributed by atoms with E-state index in [0.29, 0.717) is 24.3 Å². The van der Waals surface area contributed by atoms with Crippen molar-refractivity contribution in [2.24, 2.45) is 11.8 Å². The molecule has 6 heteroatoms. The van der Waals surface area contributed by atoms with Crippen molar-refractivity contribution in [3.05, 3.63) is 11.1 Å². The normalized spacial score (nSPS) is 28.1. The number of likely N-dealkylation sites (tertiary alicyclic amines) is 1. The van der Waals surface area contributed by atoms with Crippen LogP contribution in [0, 0.1) is 11.8 Å². The fourth-order valence-corrected chi connectivity index (χ4v) is 3.04. The zero-order chi connectivity index (χ0) is 14.2. The van der Waals surface area contributed by atoms with Crippen LogP contribution in [-0.2, 0) is 14.4 Å². The number of imide groups is 1. The number of aliphatic carboxylic acids is 1. The van der Waals surface area contributed by atoms with Gasteiger partial charge in [-0.05, 0) is 19.3 Å². The SMILES string of the molecule is CCC[C@H](C(=O)[O-])N1C(=O)[C@H]2CC=C(Cl)C[C@@H]2C1=O. The van der Waals surface area contributed by atoms with Crippen LogP contribution in [0.15, 0.2) is 11.1 Å². The molecule has 0 aromatic heterocycles. The van der Waals surface area contributed by atoms with Crippen LogP contribution in [0.5, 0.6) is 0 Å². The predicted molar refractivity (Wildman–Crippen MR) is 65.7 cm³/mol. The molecule has 2 aliphatic rings. The molecule has 3 atom stereocenters. The van der Waals surface area contributed by atoms with Crippen molar-refractivity contribution in [1.29, 1.82) is 0 Å². The number of fused-ring (bicyclic) bond motifs is 1. The molecule has 0 radical (unpaired) electrons. The second-order valence-electron chi connectivity index (χ2n) is 4.97. The topological polar surface area (TPSA) is 77.5 Å². The van der Waals surface area contributed by atoms with Gasteiger partial charge in [0.2, 0.25) is 11.8 Å². The first-order valence-electron chi connectivity index (χ1n) is 6.39. The molecule has 104 valence electrons. The molecule has 5 nitrogen and oxygen atoms in total. The van der Waals surface area contributed by atoms with E-state index in [1.807, 2.05) is 0 Å². The molecule has 0 aromatic carbocycles. The average molecular weight is 285 g/mol. The molecule has 1 aliphatic heterocycles. The van der Waals surface area contributed by atoms with E-state index in [0.717, 1.165) is 4.90 Å². The van der Waals surface area contributed by atoms with Gasteiger partial charge in [-0.25, -0.2) is 0 Å². The Morgan fingerprint density at radius 1 is 1.47 bits per heavy atom. The highest BCUT2D eigenvalue weighted by molar-refractivity contribution is 6.30. The summed E-state index contributed by atoms with van der Waals surface area (Å²) in [5, 5.41) is 11.7. The number of halogens is 1. The van der Waals surface area contributed by atoms with E-state index >= 15 is 0 Å².